The highest BCUT2D eigenvalue weighted by molar-refractivity contribution is 6.03. The normalized spacial score (nSPS) is 11.5. The monoisotopic (exact) mass is 336 g/mol. The number of hydrogen-bond acceptors (Lipinski definition) is 4. The van der Waals surface area contributed by atoms with Crippen LogP contribution < -0.4 is 10.9 Å². The third-order valence-corrected chi connectivity index (χ3v) is 3.87. The van der Waals surface area contributed by atoms with Gasteiger partial charge in [-0.2, -0.15) is 9.78 Å². The highest BCUT2D eigenvalue weighted by Crippen LogP contribution is 2.20. The minimum Gasteiger partial charge on any atom is -0.334 e. The van der Waals surface area contributed by atoms with E-state index in [0.29, 0.717) is 21.9 Å². The highest BCUT2D eigenvalue weighted by Gasteiger charge is 2.18. The molecule has 0 aliphatic rings. The summed E-state index contributed by atoms with van der Waals surface area (Å²) in [7, 11) is 0. The van der Waals surface area contributed by atoms with E-state index in [1.165, 1.54) is 21.8 Å². The Morgan fingerprint density at radius 3 is 2.64 bits per heavy atom. The zero-order chi connectivity index (χ0) is 17.6. The molecule has 0 bridgehead atoms. The number of amides is 1. The first kappa shape index (κ1) is 15.1. The van der Waals surface area contributed by atoms with Gasteiger partial charge in [0.2, 0.25) is 0 Å². The summed E-state index contributed by atoms with van der Waals surface area (Å²) >= 11 is 0. The van der Waals surface area contributed by atoms with Gasteiger partial charge in [-0.1, -0.05) is 18.2 Å². The lowest BCUT2D eigenvalue weighted by molar-refractivity contribution is 0.238. The smallest absolute Gasteiger partial charge is 0.334 e. The number of H-pyrrole nitrogens is 1. The fraction of sp³-hybridized carbons (Fsp3) is 0.176. The van der Waals surface area contributed by atoms with Gasteiger partial charge in [0.1, 0.15) is 0 Å². The first-order chi connectivity index (χ1) is 12.1. The van der Waals surface area contributed by atoms with Gasteiger partial charge < -0.3 is 5.32 Å². The number of rotatable bonds is 2. The van der Waals surface area contributed by atoms with Crippen LogP contribution in [0.2, 0.25) is 0 Å². The zero-order valence-corrected chi connectivity index (χ0v) is 13.7. The van der Waals surface area contributed by atoms with Crippen molar-refractivity contribution in [2.75, 3.05) is 0 Å². The second-order valence-corrected chi connectivity index (χ2v) is 6.03. The molecule has 4 rings (SSSR count). The molecule has 0 atom stereocenters. The number of pyridine rings is 1. The molecule has 126 valence electrons. The number of carbonyl (C=O) groups is 1. The Hall–Kier alpha value is -3.42. The van der Waals surface area contributed by atoms with E-state index in [1.807, 2.05) is 44.2 Å². The van der Waals surface area contributed by atoms with Crippen molar-refractivity contribution in [1.82, 2.24) is 29.9 Å². The highest BCUT2D eigenvalue weighted by atomic mass is 16.2. The maximum atomic E-state index is 12.6. The van der Waals surface area contributed by atoms with E-state index in [9.17, 15) is 9.59 Å². The molecular formula is C17H16N6O2. The molecule has 2 N–H and O–H groups in total. The van der Waals surface area contributed by atoms with Gasteiger partial charge in [-0.3, -0.25) is 9.89 Å². The van der Waals surface area contributed by atoms with E-state index in [4.69, 9.17) is 0 Å². The first-order valence-electron chi connectivity index (χ1n) is 7.90. The predicted octanol–water partition coefficient (Wildman–Crippen LogP) is 2.03. The molecule has 0 aliphatic heterocycles. The summed E-state index contributed by atoms with van der Waals surface area (Å²) in [5.74, 6) is 0. The van der Waals surface area contributed by atoms with Crippen LogP contribution in [0.4, 0.5) is 4.79 Å². The van der Waals surface area contributed by atoms with E-state index >= 15 is 0 Å². The summed E-state index contributed by atoms with van der Waals surface area (Å²) in [5, 5.41) is 11.0. The molecule has 3 aromatic heterocycles. The number of carbonyl (C=O) groups excluding carboxylic acids is 1. The third kappa shape index (κ3) is 2.38. The molecule has 0 fully saturated rings. The van der Waals surface area contributed by atoms with Crippen molar-refractivity contribution in [1.29, 1.82) is 0 Å². The second-order valence-electron chi connectivity index (χ2n) is 6.03. The quantitative estimate of drug-likeness (QED) is 0.585. The summed E-state index contributed by atoms with van der Waals surface area (Å²) in [5.41, 5.74) is 1.52. The van der Waals surface area contributed by atoms with E-state index in [-0.39, 0.29) is 17.6 Å². The van der Waals surface area contributed by atoms with Gasteiger partial charge in [0, 0.05) is 12.2 Å². The summed E-state index contributed by atoms with van der Waals surface area (Å²) in [4.78, 5) is 29.1. The summed E-state index contributed by atoms with van der Waals surface area (Å²) < 4.78 is 2.66. The number of nitrogens with one attached hydrogen (secondary N) is 2. The van der Waals surface area contributed by atoms with E-state index < -0.39 is 0 Å². The van der Waals surface area contributed by atoms with E-state index in [2.05, 4.69) is 20.5 Å². The Bertz CT molecular complexity index is 1140. The topological polar surface area (TPSA) is 97.6 Å². The van der Waals surface area contributed by atoms with Crippen molar-refractivity contribution in [3.8, 4) is 5.69 Å². The van der Waals surface area contributed by atoms with Crippen LogP contribution in [0.5, 0.6) is 0 Å². The Morgan fingerprint density at radius 1 is 1.16 bits per heavy atom. The molecule has 1 aromatic carbocycles. The van der Waals surface area contributed by atoms with E-state index in [0.717, 1.165) is 5.69 Å². The number of para-hydroxylation sites is 1. The van der Waals surface area contributed by atoms with Crippen LogP contribution in [0.3, 0.4) is 0 Å². The van der Waals surface area contributed by atoms with Gasteiger partial charge in [-0.15, -0.1) is 0 Å². The molecule has 0 saturated carbocycles. The van der Waals surface area contributed by atoms with Crippen molar-refractivity contribution in [3.05, 3.63) is 53.1 Å². The molecule has 0 saturated heterocycles. The van der Waals surface area contributed by atoms with Crippen molar-refractivity contribution < 1.29 is 4.79 Å². The van der Waals surface area contributed by atoms with E-state index in [1.54, 1.807) is 0 Å². The molecule has 3 heterocycles. The molecule has 8 nitrogen and oxygen atoms in total. The zero-order valence-electron chi connectivity index (χ0n) is 13.7. The predicted molar refractivity (Wildman–Crippen MR) is 94.0 cm³/mol. The number of benzene rings is 1. The van der Waals surface area contributed by atoms with Gasteiger partial charge in [0.25, 0.3) is 5.56 Å². The molecule has 0 unspecified atom stereocenters. The maximum Gasteiger partial charge on any atom is 0.344 e. The largest absolute Gasteiger partial charge is 0.344 e. The minimum atomic E-state index is -0.360. The number of aromatic nitrogens is 5. The summed E-state index contributed by atoms with van der Waals surface area (Å²) in [6.07, 6.45) is 3.01. The number of fused-ring (bicyclic) bond motifs is 3. The number of aromatic amines is 1. The Kier molecular flexibility index (Phi) is 3.38. The molecule has 0 aliphatic carbocycles. The number of hydrogen-bond donors (Lipinski definition) is 2. The van der Waals surface area contributed by atoms with Crippen molar-refractivity contribution in [2.45, 2.75) is 19.9 Å². The standard InChI is InChI=1S/C17H16N6O2/c1-10(2)20-17(25)23-15-12(9-19-23)14-13(8-18-15)16(24)22(21-14)11-6-4-3-5-7-11/h3-10,21H,1-2H3,(H,20,25). The van der Waals surface area contributed by atoms with Crippen LogP contribution in [0.1, 0.15) is 13.8 Å². The lowest BCUT2D eigenvalue weighted by Crippen LogP contribution is -2.34. The fourth-order valence-corrected chi connectivity index (χ4v) is 2.76. The lowest BCUT2D eigenvalue weighted by atomic mass is 10.2. The van der Waals surface area contributed by atoms with Crippen molar-refractivity contribution in [3.63, 3.8) is 0 Å². The second kappa shape index (κ2) is 5.59. The van der Waals surface area contributed by atoms with Gasteiger partial charge in [-0.25, -0.2) is 14.5 Å². The van der Waals surface area contributed by atoms with Crippen LogP contribution in [0.15, 0.2) is 47.5 Å². The van der Waals surface area contributed by atoms with Gasteiger partial charge in [0.15, 0.2) is 5.65 Å². The Morgan fingerprint density at radius 2 is 1.92 bits per heavy atom. The van der Waals surface area contributed by atoms with Crippen LogP contribution in [-0.4, -0.2) is 36.6 Å². The molecule has 1 amide bonds. The molecule has 0 radical (unpaired) electrons. The van der Waals surface area contributed by atoms with Crippen LogP contribution >= 0.6 is 0 Å². The molecule has 0 spiro atoms. The summed E-state index contributed by atoms with van der Waals surface area (Å²) in [6.45, 7) is 3.74. The van der Waals surface area contributed by atoms with Gasteiger partial charge >= 0.3 is 6.03 Å². The average molecular weight is 336 g/mol. The van der Waals surface area contributed by atoms with Crippen molar-refractivity contribution in [2.24, 2.45) is 0 Å². The summed E-state index contributed by atoms with van der Waals surface area (Å²) in [6, 6.07) is 8.89. The first-order valence-corrected chi connectivity index (χ1v) is 7.90. The fourth-order valence-electron chi connectivity index (χ4n) is 2.76. The van der Waals surface area contributed by atoms with Crippen LogP contribution in [0.25, 0.3) is 27.6 Å². The van der Waals surface area contributed by atoms with Crippen LogP contribution in [-0.2, 0) is 0 Å². The molecule has 8 heteroatoms. The SMILES string of the molecule is CC(C)NC(=O)n1ncc2c3[nH]n(-c4ccccc4)c(=O)c3cnc21. The third-order valence-electron chi connectivity index (χ3n) is 3.87. The average Bonchev–Trinajstić information content (AvgIpc) is 3.16. The Balaban J connectivity index is 1.92. The number of nitrogens with zero attached hydrogens (tertiary/aromatic N) is 4. The minimum absolute atomic E-state index is 0.0190. The van der Waals surface area contributed by atoms with Crippen LogP contribution in [0, 0.1) is 0 Å². The maximum absolute atomic E-state index is 12.6. The molecular weight excluding hydrogens is 320 g/mol. The Labute approximate surface area is 142 Å². The van der Waals surface area contributed by atoms with Gasteiger partial charge in [-0.05, 0) is 26.0 Å². The molecule has 25 heavy (non-hydrogen) atoms. The lowest BCUT2D eigenvalue weighted by Gasteiger charge is -2.07. The van der Waals surface area contributed by atoms with Gasteiger partial charge in [0.05, 0.1) is 28.2 Å². The molecule has 4 aromatic rings. The van der Waals surface area contributed by atoms with Crippen molar-refractivity contribution >= 4 is 28.0 Å².